The average molecular weight is 356 g/mol. The summed E-state index contributed by atoms with van der Waals surface area (Å²) >= 11 is 3.14. The van der Waals surface area contributed by atoms with E-state index in [-0.39, 0.29) is 5.82 Å². The van der Waals surface area contributed by atoms with Gasteiger partial charge < -0.3 is 14.5 Å². The lowest BCUT2D eigenvalue weighted by molar-refractivity contribution is 0.302. The van der Waals surface area contributed by atoms with Crippen molar-refractivity contribution in [3.8, 4) is 5.75 Å². The zero-order valence-electron chi connectivity index (χ0n) is 12.2. The van der Waals surface area contributed by atoms with Crippen LogP contribution in [0.4, 0.5) is 4.39 Å². The maximum absolute atomic E-state index is 13.2. The van der Waals surface area contributed by atoms with Gasteiger partial charge in [0.1, 0.15) is 29.7 Å². The van der Waals surface area contributed by atoms with Crippen LogP contribution >= 0.6 is 15.9 Å². The molecule has 1 N–H and O–H groups in total. The topological polar surface area (TPSA) is 34.4 Å². The number of halogens is 2. The lowest BCUT2D eigenvalue weighted by Gasteiger charge is -2.05. The van der Waals surface area contributed by atoms with Crippen LogP contribution in [0, 0.1) is 12.7 Å². The molecule has 21 heavy (non-hydrogen) atoms. The van der Waals surface area contributed by atoms with Crippen molar-refractivity contribution in [2.24, 2.45) is 0 Å². The molecule has 0 saturated carbocycles. The summed E-state index contributed by atoms with van der Waals surface area (Å²) in [4.78, 5) is 0. The monoisotopic (exact) mass is 355 g/mol. The lowest BCUT2D eigenvalue weighted by Crippen LogP contribution is -2.13. The lowest BCUT2D eigenvalue weighted by atomic mass is 10.2. The third kappa shape index (κ3) is 4.58. The Morgan fingerprint density at radius 1 is 1.33 bits per heavy atom. The normalized spacial score (nSPS) is 10.9. The Morgan fingerprint density at radius 2 is 2.14 bits per heavy atom. The SMILES string of the molecule is CCCNCc1cc(COc2ccc(F)c(Br)c2)c(C)o1. The van der Waals surface area contributed by atoms with E-state index in [2.05, 4.69) is 28.2 Å². The van der Waals surface area contributed by atoms with E-state index in [1.165, 1.54) is 6.07 Å². The highest BCUT2D eigenvalue weighted by atomic mass is 79.9. The van der Waals surface area contributed by atoms with Gasteiger partial charge in [0.15, 0.2) is 0 Å². The van der Waals surface area contributed by atoms with Gasteiger partial charge >= 0.3 is 0 Å². The molecule has 0 aliphatic carbocycles. The van der Waals surface area contributed by atoms with Gasteiger partial charge in [-0.2, -0.15) is 0 Å². The van der Waals surface area contributed by atoms with Crippen LogP contribution in [0.3, 0.4) is 0 Å². The zero-order valence-corrected chi connectivity index (χ0v) is 13.8. The minimum Gasteiger partial charge on any atom is -0.489 e. The molecule has 0 radical (unpaired) electrons. The third-order valence-corrected chi connectivity index (χ3v) is 3.69. The number of benzene rings is 1. The summed E-state index contributed by atoms with van der Waals surface area (Å²) in [6.07, 6.45) is 1.09. The fourth-order valence-electron chi connectivity index (χ4n) is 1.93. The first-order chi connectivity index (χ1) is 10.1. The molecule has 0 atom stereocenters. The van der Waals surface area contributed by atoms with E-state index in [4.69, 9.17) is 9.15 Å². The zero-order chi connectivity index (χ0) is 15.2. The Balaban J connectivity index is 1.94. The molecule has 114 valence electrons. The minimum absolute atomic E-state index is 0.300. The van der Waals surface area contributed by atoms with E-state index in [1.54, 1.807) is 12.1 Å². The predicted octanol–water partition coefficient (Wildman–Crippen LogP) is 4.57. The molecule has 0 aliphatic rings. The van der Waals surface area contributed by atoms with E-state index in [0.717, 1.165) is 36.6 Å². The second-order valence-electron chi connectivity index (χ2n) is 4.84. The minimum atomic E-state index is -0.300. The fraction of sp³-hybridized carbons (Fsp3) is 0.375. The molecular weight excluding hydrogens is 337 g/mol. The molecule has 0 unspecified atom stereocenters. The molecule has 0 saturated heterocycles. The summed E-state index contributed by atoms with van der Waals surface area (Å²) in [5.41, 5.74) is 1.00. The maximum atomic E-state index is 13.2. The van der Waals surface area contributed by atoms with Crippen molar-refractivity contribution in [3.63, 3.8) is 0 Å². The first-order valence-corrected chi connectivity index (χ1v) is 7.76. The van der Waals surface area contributed by atoms with Crippen LogP contribution in [-0.2, 0) is 13.2 Å². The van der Waals surface area contributed by atoms with Crippen molar-refractivity contribution >= 4 is 15.9 Å². The van der Waals surface area contributed by atoms with Crippen LogP contribution in [-0.4, -0.2) is 6.54 Å². The number of furan rings is 1. The second-order valence-corrected chi connectivity index (χ2v) is 5.69. The first-order valence-electron chi connectivity index (χ1n) is 6.97. The van der Waals surface area contributed by atoms with Crippen molar-refractivity contribution in [1.82, 2.24) is 5.32 Å². The fourth-order valence-corrected chi connectivity index (χ4v) is 2.29. The first kappa shape index (κ1) is 16.0. The second kappa shape index (κ2) is 7.61. The van der Waals surface area contributed by atoms with Gasteiger partial charge in [-0.15, -0.1) is 0 Å². The largest absolute Gasteiger partial charge is 0.489 e. The number of nitrogens with one attached hydrogen (secondary N) is 1. The molecular formula is C16H19BrFNO2. The standard InChI is InChI=1S/C16H19BrFNO2/c1-3-6-19-9-14-7-12(11(2)21-14)10-20-13-4-5-16(18)15(17)8-13/h4-5,7-8,19H,3,6,9-10H2,1-2H3. The Labute approximate surface area is 132 Å². The molecule has 3 nitrogen and oxygen atoms in total. The van der Waals surface area contributed by atoms with Gasteiger partial charge in [0.05, 0.1) is 11.0 Å². The van der Waals surface area contributed by atoms with Crippen LogP contribution < -0.4 is 10.1 Å². The van der Waals surface area contributed by atoms with E-state index in [9.17, 15) is 4.39 Å². The van der Waals surface area contributed by atoms with Gasteiger partial charge in [-0.3, -0.25) is 0 Å². The van der Waals surface area contributed by atoms with E-state index < -0.39 is 0 Å². The predicted molar refractivity (Wildman–Crippen MR) is 83.9 cm³/mol. The van der Waals surface area contributed by atoms with Gasteiger partial charge in [-0.1, -0.05) is 6.92 Å². The summed E-state index contributed by atoms with van der Waals surface area (Å²) in [5.74, 6) is 2.07. The summed E-state index contributed by atoms with van der Waals surface area (Å²) in [7, 11) is 0. The average Bonchev–Trinajstić information content (AvgIpc) is 2.81. The van der Waals surface area contributed by atoms with Crippen LogP contribution in [0.15, 0.2) is 33.2 Å². The molecule has 1 heterocycles. The highest BCUT2D eigenvalue weighted by Gasteiger charge is 2.08. The number of hydrogen-bond acceptors (Lipinski definition) is 3. The van der Waals surface area contributed by atoms with Gasteiger partial charge in [0, 0.05) is 5.56 Å². The Kier molecular flexibility index (Phi) is 5.82. The number of ether oxygens (including phenoxy) is 1. The third-order valence-electron chi connectivity index (χ3n) is 3.08. The molecule has 1 aromatic heterocycles. The van der Waals surface area contributed by atoms with Gasteiger partial charge in [-0.05, 0) is 60.1 Å². The molecule has 2 rings (SSSR count). The van der Waals surface area contributed by atoms with Crippen molar-refractivity contribution in [3.05, 3.63) is 51.6 Å². The van der Waals surface area contributed by atoms with Gasteiger partial charge in [-0.25, -0.2) is 4.39 Å². The Bertz CT molecular complexity index is 598. The number of rotatable bonds is 7. The molecule has 1 aromatic carbocycles. The van der Waals surface area contributed by atoms with Gasteiger partial charge in [0.2, 0.25) is 0 Å². The Hall–Kier alpha value is -1.33. The van der Waals surface area contributed by atoms with Gasteiger partial charge in [0.25, 0.3) is 0 Å². The summed E-state index contributed by atoms with van der Waals surface area (Å²) < 4.78 is 24.9. The van der Waals surface area contributed by atoms with E-state index >= 15 is 0 Å². The molecule has 0 amide bonds. The van der Waals surface area contributed by atoms with Crippen molar-refractivity contribution in [2.45, 2.75) is 33.4 Å². The summed E-state index contributed by atoms with van der Waals surface area (Å²) in [6, 6.07) is 6.60. The quantitative estimate of drug-likeness (QED) is 0.738. The number of hydrogen-bond donors (Lipinski definition) is 1. The van der Waals surface area contributed by atoms with Crippen LogP contribution in [0.25, 0.3) is 0 Å². The van der Waals surface area contributed by atoms with Crippen molar-refractivity contribution in [1.29, 1.82) is 0 Å². The highest BCUT2D eigenvalue weighted by molar-refractivity contribution is 9.10. The molecule has 5 heteroatoms. The smallest absolute Gasteiger partial charge is 0.137 e. The van der Waals surface area contributed by atoms with Crippen LogP contribution in [0.1, 0.15) is 30.4 Å². The van der Waals surface area contributed by atoms with E-state index in [1.807, 2.05) is 13.0 Å². The van der Waals surface area contributed by atoms with E-state index in [0.29, 0.717) is 16.8 Å². The maximum Gasteiger partial charge on any atom is 0.137 e. The molecule has 2 aromatic rings. The molecule has 0 bridgehead atoms. The number of aryl methyl sites for hydroxylation is 1. The van der Waals surface area contributed by atoms with Crippen molar-refractivity contribution in [2.75, 3.05) is 6.54 Å². The highest BCUT2D eigenvalue weighted by Crippen LogP contribution is 2.23. The van der Waals surface area contributed by atoms with Crippen molar-refractivity contribution < 1.29 is 13.5 Å². The van der Waals surface area contributed by atoms with Crippen LogP contribution in [0.5, 0.6) is 5.75 Å². The van der Waals surface area contributed by atoms with Crippen LogP contribution in [0.2, 0.25) is 0 Å². The molecule has 0 fully saturated rings. The summed E-state index contributed by atoms with van der Waals surface area (Å²) in [5, 5.41) is 3.30. The molecule has 0 aliphatic heterocycles. The summed E-state index contributed by atoms with van der Waals surface area (Å²) in [6.45, 7) is 6.14. The Morgan fingerprint density at radius 3 is 2.86 bits per heavy atom. The molecule has 0 spiro atoms.